The summed E-state index contributed by atoms with van der Waals surface area (Å²) < 4.78 is 11.2. The minimum absolute atomic E-state index is 0.0967. The van der Waals surface area contributed by atoms with Crippen LogP contribution >= 0.6 is 0 Å². The van der Waals surface area contributed by atoms with Gasteiger partial charge >= 0.3 is 5.97 Å². The molecule has 0 saturated heterocycles. The van der Waals surface area contributed by atoms with Crippen molar-refractivity contribution in [3.05, 3.63) is 23.3 Å². The summed E-state index contributed by atoms with van der Waals surface area (Å²) in [6, 6.07) is 3.08. The van der Waals surface area contributed by atoms with Gasteiger partial charge < -0.3 is 20.3 Å². The standard InChI is InChI=1S/C13H17NO4/c1-8-9(10(14)7-12(15)16)3-4-11-13(8)18-6-2-5-17-11/h3-4,10H,2,5-7,14H2,1H3,(H,15,16). The van der Waals surface area contributed by atoms with E-state index in [1.54, 1.807) is 6.07 Å². The van der Waals surface area contributed by atoms with Crippen molar-refractivity contribution in [3.63, 3.8) is 0 Å². The molecule has 0 spiro atoms. The second-order valence-electron chi connectivity index (χ2n) is 4.36. The van der Waals surface area contributed by atoms with E-state index in [2.05, 4.69) is 0 Å². The van der Waals surface area contributed by atoms with Crippen molar-refractivity contribution >= 4 is 5.97 Å². The van der Waals surface area contributed by atoms with E-state index in [-0.39, 0.29) is 6.42 Å². The van der Waals surface area contributed by atoms with Crippen molar-refractivity contribution in [3.8, 4) is 11.5 Å². The molecule has 3 N–H and O–H groups in total. The third-order valence-corrected chi connectivity index (χ3v) is 3.00. The molecule has 1 unspecified atom stereocenters. The van der Waals surface area contributed by atoms with Gasteiger partial charge in [0, 0.05) is 12.5 Å². The van der Waals surface area contributed by atoms with Crippen LogP contribution in [0.5, 0.6) is 11.5 Å². The van der Waals surface area contributed by atoms with Crippen molar-refractivity contribution in [2.24, 2.45) is 5.73 Å². The maximum Gasteiger partial charge on any atom is 0.305 e. The van der Waals surface area contributed by atoms with Crippen molar-refractivity contribution in [1.82, 2.24) is 0 Å². The number of hydrogen-bond acceptors (Lipinski definition) is 4. The largest absolute Gasteiger partial charge is 0.490 e. The number of rotatable bonds is 3. The van der Waals surface area contributed by atoms with Crippen LogP contribution in [-0.2, 0) is 4.79 Å². The predicted octanol–water partition coefficient (Wildman–Crippen LogP) is 1.63. The number of fused-ring (bicyclic) bond motifs is 1. The molecule has 2 rings (SSSR count). The fourth-order valence-electron chi connectivity index (χ4n) is 2.09. The number of hydrogen-bond donors (Lipinski definition) is 2. The fourth-order valence-corrected chi connectivity index (χ4v) is 2.09. The van der Waals surface area contributed by atoms with Crippen LogP contribution in [0, 0.1) is 6.92 Å². The van der Waals surface area contributed by atoms with Gasteiger partial charge in [0.15, 0.2) is 11.5 Å². The molecule has 0 bridgehead atoms. The van der Waals surface area contributed by atoms with E-state index in [0.29, 0.717) is 24.7 Å². The topological polar surface area (TPSA) is 81.8 Å². The zero-order valence-electron chi connectivity index (χ0n) is 10.3. The van der Waals surface area contributed by atoms with Gasteiger partial charge in [-0.3, -0.25) is 4.79 Å². The molecule has 0 saturated carbocycles. The van der Waals surface area contributed by atoms with Gasteiger partial charge in [0.1, 0.15) is 0 Å². The molecule has 5 nitrogen and oxygen atoms in total. The highest BCUT2D eigenvalue weighted by Crippen LogP contribution is 2.37. The molecule has 18 heavy (non-hydrogen) atoms. The summed E-state index contributed by atoms with van der Waals surface area (Å²) in [7, 11) is 0. The minimum Gasteiger partial charge on any atom is -0.490 e. The lowest BCUT2D eigenvalue weighted by Crippen LogP contribution is -2.16. The third kappa shape index (κ3) is 2.56. The first-order chi connectivity index (χ1) is 8.59. The Labute approximate surface area is 106 Å². The van der Waals surface area contributed by atoms with E-state index in [1.807, 2.05) is 13.0 Å². The molecule has 98 valence electrons. The highest BCUT2D eigenvalue weighted by molar-refractivity contribution is 5.68. The average molecular weight is 251 g/mol. The van der Waals surface area contributed by atoms with Crippen LogP contribution in [0.1, 0.15) is 30.0 Å². The molecule has 1 atom stereocenters. The Bertz CT molecular complexity index is 459. The summed E-state index contributed by atoms with van der Waals surface area (Å²) >= 11 is 0. The molecule has 1 aromatic carbocycles. The average Bonchev–Trinajstić information content (AvgIpc) is 2.54. The SMILES string of the molecule is Cc1c(C(N)CC(=O)O)ccc2c1OCCCO2. The van der Waals surface area contributed by atoms with Gasteiger partial charge in [-0.1, -0.05) is 6.07 Å². The Morgan fingerprint density at radius 1 is 1.44 bits per heavy atom. The predicted molar refractivity (Wildman–Crippen MR) is 66.0 cm³/mol. The summed E-state index contributed by atoms with van der Waals surface area (Å²) in [4.78, 5) is 10.7. The summed E-state index contributed by atoms with van der Waals surface area (Å²) in [5.74, 6) is 0.483. The van der Waals surface area contributed by atoms with Gasteiger partial charge in [-0.25, -0.2) is 0 Å². The minimum atomic E-state index is -0.908. The van der Waals surface area contributed by atoms with Crippen LogP contribution < -0.4 is 15.2 Å². The van der Waals surface area contributed by atoms with Gasteiger partial charge in [-0.05, 0) is 24.1 Å². The van der Waals surface area contributed by atoms with Crippen LogP contribution in [0.3, 0.4) is 0 Å². The maximum atomic E-state index is 10.7. The molecule has 1 aromatic rings. The zero-order valence-corrected chi connectivity index (χ0v) is 10.3. The monoisotopic (exact) mass is 251 g/mol. The molecular weight excluding hydrogens is 234 g/mol. The Morgan fingerprint density at radius 2 is 2.17 bits per heavy atom. The second-order valence-corrected chi connectivity index (χ2v) is 4.36. The molecule has 0 radical (unpaired) electrons. The maximum absolute atomic E-state index is 10.7. The second kappa shape index (κ2) is 5.27. The van der Waals surface area contributed by atoms with E-state index in [1.165, 1.54) is 0 Å². The number of nitrogens with two attached hydrogens (primary N) is 1. The van der Waals surface area contributed by atoms with Crippen LogP contribution in [0.2, 0.25) is 0 Å². The van der Waals surface area contributed by atoms with Crippen LogP contribution in [-0.4, -0.2) is 24.3 Å². The molecular formula is C13H17NO4. The Morgan fingerprint density at radius 3 is 2.89 bits per heavy atom. The van der Waals surface area contributed by atoms with Gasteiger partial charge in [-0.2, -0.15) is 0 Å². The quantitative estimate of drug-likeness (QED) is 0.853. The number of carboxylic acid groups (broad SMARTS) is 1. The van der Waals surface area contributed by atoms with Crippen LogP contribution in [0.4, 0.5) is 0 Å². The van der Waals surface area contributed by atoms with Crippen LogP contribution in [0.25, 0.3) is 0 Å². The van der Waals surface area contributed by atoms with E-state index >= 15 is 0 Å². The first-order valence-corrected chi connectivity index (χ1v) is 5.96. The van der Waals surface area contributed by atoms with E-state index < -0.39 is 12.0 Å². The van der Waals surface area contributed by atoms with Crippen molar-refractivity contribution < 1.29 is 19.4 Å². The fraction of sp³-hybridized carbons (Fsp3) is 0.462. The van der Waals surface area contributed by atoms with Crippen molar-refractivity contribution in [1.29, 1.82) is 0 Å². The van der Waals surface area contributed by atoms with Gasteiger partial charge in [0.25, 0.3) is 0 Å². The first-order valence-electron chi connectivity index (χ1n) is 5.96. The summed E-state index contributed by atoms with van der Waals surface area (Å²) in [5, 5.41) is 8.78. The zero-order chi connectivity index (χ0) is 13.1. The van der Waals surface area contributed by atoms with Crippen molar-refractivity contribution in [2.75, 3.05) is 13.2 Å². The highest BCUT2D eigenvalue weighted by atomic mass is 16.5. The summed E-state index contributed by atoms with van der Waals surface area (Å²) in [5.41, 5.74) is 7.55. The van der Waals surface area contributed by atoms with E-state index in [0.717, 1.165) is 17.5 Å². The molecule has 0 aliphatic carbocycles. The smallest absolute Gasteiger partial charge is 0.305 e. The van der Waals surface area contributed by atoms with E-state index in [9.17, 15) is 4.79 Å². The summed E-state index contributed by atoms with van der Waals surface area (Å²) in [6.45, 7) is 3.11. The van der Waals surface area contributed by atoms with Crippen molar-refractivity contribution in [2.45, 2.75) is 25.8 Å². The molecule has 1 aliphatic heterocycles. The lowest BCUT2D eigenvalue weighted by molar-refractivity contribution is -0.137. The molecule has 1 heterocycles. The Balaban J connectivity index is 2.33. The third-order valence-electron chi connectivity index (χ3n) is 3.00. The van der Waals surface area contributed by atoms with Crippen LogP contribution in [0.15, 0.2) is 12.1 Å². The lowest BCUT2D eigenvalue weighted by Gasteiger charge is -2.17. The number of aliphatic carboxylic acids is 1. The Kier molecular flexibility index (Phi) is 3.72. The summed E-state index contributed by atoms with van der Waals surface area (Å²) in [6.07, 6.45) is 0.741. The number of carbonyl (C=O) groups is 1. The lowest BCUT2D eigenvalue weighted by atomic mass is 9.98. The molecule has 0 amide bonds. The molecule has 1 aliphatic rings. The Hall–Kier alpha value is -1.75. The molecule has 5 heteroatoms. The van der Waals surface area contributed by atoms with Gasteiger partial charge in [0.2, 0.25) is 0 Å². The number of benzene rings is 1. The van der Waals surface area contributed by atoms with Gasteiger partial charge in [0.05, 0.1) is 19.6 Å². The molecule has 0 aromatic heterocycles. The number of carboxylic acids is 1. The number of ether oxygens (including phenoxy) is 2. The highest BCUT2D eigenvalue weighted by Gasteiger charge is 2.20. The van der Waals surface area contributed by atoms with Gasteiger partial charge in [-0.15, -0.1) is 0 Å². The van der Waals surface area contributed by atoms with E-state index in [4.69, 9.17) is 20.3 Å². The normalized spacial score (nSPS) is 15.9. The molecule has 0 fully saturated rings. The first kappa shape index (κ1) is 12.7.